The zero-order valence-corrected chi connectivity index (χ0v) is 10.7. The molecule has 0 unspecified atom stereocenters. The van der Waals surface area contributed by atoms with Gasteiger partial charge in [-0.2, -0.15) is 0 Å². The first-order valence-corrected chi connectivity index (χ1v) is 6.21. The van der Waals surface area contributed by atoms with Crippen LogP contribution in [0.4, 0.5) is 0 Å². The van der Waals surface area contributed by atoms with E-state index >= 15 is 0 Å². The molecule has 0 saturated carbocycles. The van der Waals surface area contributed by atoms with Crippen molar-refractivity contribution in [2.24, 2.45) is 5.92 Å². The first-order valence-electron chi connectivity index (χ1n) is 5.46. The minimum atomic E-state index is -0.724. The number of likely N-dealkylation sites (tertiary alicyclic amines) is 1. The quantitative estimate of drug-likeness (QED) is 0.921. The molecule has 2 rings (SSSR count). The zero-order chi connectivity index (χ0) is 12.4. The van der Waals surface area contributed by atoms with Crippen LogP contribution in [-0.2, 0) is 11.3 Å². The molecule has 1 fully saturated rings. The lowest BCUT2D eigenvalue weighted by Crippen LogP contribution is -2.23. The molecule has 0 spiro atoms. The lowest BCUT2D eigenvalue weighted by molar-refractivity contribution is -0.141. The molecule has 0 amide bonds. The Morgan fingerprint density at radius 2 is 2.06 bits per heavy atom. The van der Waals surface area contributed by atoms with Gasteiger partial charge in [0.2, 0.25) is 0 Å². The van der Waals surface area contributed by atoms with E-state index in [4.69, 9.17) is 28.3 Å². The van der Waals surface area contributed by atoms with Crippen LogP contribution < -0.4 is 0 Å². The van der Waals surface area contributed by atoms with Crippen LogP contribution in [0, 0.1) is 5.92 Å². The summed E-state index contributed by atoms with van der Waals surface area (Å²) in [6.07, 6.45) is 0.692. The molecule has 0 bridgehead atoms. The lowest BCUT2D eigenvalue weighted by Gasteiger charge is -2.17. The minimum absolute atomic E-state index is 0.267. The molecular weight excluding hydrogens is 261 g/mol. The average molecular weight is 274 g/mol. The molecule has 1 saturated heterocycles. The number of aliphatic carboxylic acids is 1. The van der Waals surface area contributed by atoms with E-state index in [0.717, 1.165) is 12.1 Å². The van der Waals surface area contributed by atoms with Gasteiger partial charge >= 0.3 is 5.97 Å². The number of carboxylic acid groups (broad SMARTS) is 1. The van der Waals surface area contributed by atoms with Crippen LogP contribution in [0.15, 0.2) is 18.2 Å². The van der Waals surface area contributed by atoms with E-state index in [-0.39, 0.29) is 5.92 Å². The Morgan fingerprint density at radius 1 is 1.41 bits per heavy atom. The molecular formula is C12H13Cl2NO2. The fourth-order valence-corrected chi connectivity index (χ4v) is 2.60. The number of hydrogen-bond donors (Lipinski definition) is 1. The van der Waals surface area contributed by atoms with Crippen molar-refractivity contribution in [1.29, 1.82) is 0 Å². The Morgan fingerprint density at radius 3 is 2.59 bits per heavy atom. The summed E-state index contributed by atoms with van der Waals surface area (Å²) >= 11 is 12.2. The molecule has 1 heterocycles. The van der Waals surface area contributed by atoms with Crippen LogP contribution in [0.25, 0.3) is 0 Å². The van der Waals surface area contributed by atoms with Gasteiger partial charge in [-0.15, -0.1) is 0 Å². The highest BCUT2D eigenvalue weighted by Crippen LogP contribution is 2.27. The molecule has 1 atom stereocenters. The minimum Gasteiger partial charge on any atom is -0.481 e. The molecule has 1 aromatic rings. The van der Waals surface area contributed by atoms with Crippen molar-refractivity contribution in [1.82, 2.24) is 4.90 Å². The second-order valence-electron chi connectivity index (χ2n) is 4.26. The van der Waals surface area contributed by atoms with E-state index in [1.165, 1.54) is 0 Å². The van der Waals surface area contributed by atoms with Crippen molar-refractivity contribution < 1.29 is 9.90 Å². The van der Waals surface area contributed by atoms with Gasteiger partial charge in [-0.05, 0) is 25.1 Å². The largest absolute Gasteiger partial charge is 0.481 e. The van der Waals surface area contributed by atoms with Gasteiger partial charge < -0.3 is 5.11 Å². The van der Waals surface area contributed by atoms with Gasteiger partial charge in [-0.3, -0.25) is 9.69 Å². The average Bonchev–Trinajstić information content (AvgIpc) is 2.72. The number of hydrogen-bond acceptors (Lipinski definition) is 2. The molecule has 1 N–H and O–H groups in total. The SMILES string of the molecule is O=C(O)[C@H]1CCN(Cc2c(Cl)cccc2Cl)C1. The van der Waals surface area contributed by atoms with Crippen LogP contribution in [-0.4, -0.2) is 29.1 Å². The summed E-state index contributed by atoms with van der Waals surface area (Å²) in [6, 6.07) is 5.40. The normalized spacial score (nSPS) is 20.7. The molecule has 1 aliphatic heterocycles. The second-order valence-corrected chi connectivity index (χ2v) is 5.07. The van der Waals surface area contributed by atoms with Crippen molar-refractivity contribution >= 4 is 29.2 Å². The van der Waals surface area contributed by atoms with Gasteiger partial charge in [0, 0.05) is 28.7 Å². The Hall–Kier alpha value is -0.770. The van der Waals surface area contributed by atoms with Crippen molar-refractivity contribution in [3.8, 4) is 0 Å². The Balaban J connectivity index is 2.05. The molecule has 0 aromatic heterocycles. The summed E-state index contributed by atoms with van der Waals surface area (Å²) in [4.78, 5) is 12.9. The molecule has 5 heteroatoms. The highest BCUT2D eigenvalue weighted by molar-refractivity contribution is 6.35. The standard InChI is InChI=1S/C12H13Cl2NO2/c13-10-2-1-3-11(14)9(10)7-15-5-4-8(6-15)12(16)17/h1-3,8H,4-7H2,(H,16,17)/t8-/m0/s1. The third-order valence-corrected chi connectivity index (χ3v) is 3.77. The molecule has 3 nitrogen and oxygen atoms in total. The monoisotopic (exact) mass is 273 g/mol. The lowest BCUT2D eigenvalue weighted by atomic mass is 10.1. The molecule has 0 radical (unpaired) electrons. The number of rotatable bonds is 3. The van der Waals surface area contributed by atoms with Gasteiger partial charge in [-0.1, -0.05) is 29.3 Å². The number of nitrogens with zero attached hydrogens (tertiary/aromatic N) is 1. The van der Waals surface area contributed by atoms with Gasteiger partial charge in [0.05, 0.1) is 5.92 Å². The maximum absolute atomic E-state index is 10.9. The Labute approximate surface area is 110 Å². The van der Waals surface area contributed by atoms with E-state index in [1.807, 2.05) is 0 Å². The molecule has 1 aliphatic rings. The number of carboxylic acids is 1. The number of benzene rings is 1. The van der Waals surface area contributed by atoms with E-state index in [0.29, 0.717) is 29.6 Å². The Bertz CT molecular complexity index is 416. The first-order chi connectivity index (χ1) is 8.08. The van der Waals surface area contributed by atoms with Crippen LogP contribution in [0.2, 0.25) is 10.0 Å². The Kier molecular flexibility index (Phi) is 3.92. The van der Waals surface area contributed by atoms with E-state index < -0.39 is 5.97 Å². The predicted molar refractivity (Wildman–Crippen MR) is 67.5 cm³/mol. The van der Waals surface area contributed by atoms with E-state index in [2.05, 4.69) is 4.90 Å². The summed E-state index contributed by atoms with van der Waals surface area (Å²) in [5.74, 6) is -0.992. The van der Waals surface area contributed by atoms with Crippen LogP contribution >= 0.6 is 23.2 Å². The molecule has 0 aliphatic carbocycles. The molecule has 1 aromatic carbocycles. The summed E-state index contributed by atoms with van der Waals surface area (Å²) in [7, 11) is 0. The molecule has 92 valence electrons. The van der Waals surface area contributed by atoms with E-state index in [9.17, 15) is 4.79 Å². The summed E-state index contributed by atoms with van der Waals surface area (Å²) in [5, 5.41) is 10.2. The highest BCUT2D eigenvalue weighted by atomic mass is 35.5. The highest BCUT2D eigenvalue weighted by Gasteiger charge is 2.28. The topological polar surface area (TPSA) is 40.5 Å². The van der Waals surface area contributed by atoms with E-state index in [1.54, 1.807) is 18.2 Å². The van der Waals surface area contributed by atoms with Crippen LogP contribution in [0.3, 0.4) is 0 Å². The third kappa shape index (κ3) is 2.92. The molecule has 17 heavy (non-hydrogen) atoms. The van der Waals surface area contributed by atoms with Gasteiger partial charge in [0.1, 0.15) is 0 Å². The summed E-state index contributed by atoms with van der Waals surface area (Å²) in [6.45, 7) is 1.96. The predicted octanol–water partition coefficient (Wildman–Crippen LogP) is 2.90. The number of carbonyl (C=O) groups is 1. The van der Waals surface area contributed by atoms with Crippen molar-refractivity contribution in [2.75, 3.05) is 13.1 Å². The fraction of sp³-hybridized carbons (Fsp3) is 0.417. The number of halogens is 2. The smallest absolute Gasteiger partial charge is 0.307 e. The van der Waals surface area contributed by atoms with Crippen LogP contribution in [0.1, 0.15) is 12.0 Å². The fourth-order valence-electron chi connectivity index (χ4n) is 2.08. The van der Waals surface area contributed by atoms with Gasteiger partial charge in [-0.25, -0.2) is 0 Å². The van der Waals surface area contributed by atoms with Crippen molar-refractivity contribution in [3.05, 3.63) is 33.8 Å². The van der Waals surface area contributed by atoms with Crippen LogP contribution in [0.5, 0.6) is 0 Å². The third-order valence-electron chi connectivity index (χ3n) is 3.07. The first kappa shape index (κ1) is 12.7. The maximum atomic E-state index is 10.9. The zero-order valence-electron chi connectivity index (χ0n) is 9.20. The van der Waals surface area contributed by atoms with Gasteiger partial charge in [0.15, 0.2) is 0 Å². The van der Waals surface area contributed by atoms with Crippen molar-refractivity contribution in [2.45, 2.75) is 13.0 Å². The second kappa shape index (κ2) is 5.25. The van der Waals surface area contributed by atoms with Crippen molar-refractivity contribution in [3.63, 3.8) is 0 Å². The summed E-state index contributed by atoms with van der Waals surface area (Å²) < 4.78 is 0. The summed E-state index contributed by atoms with van der Waals surface area (Å²) in [5.41, 5.74) is 0.877. The van der Waals surface area contributed by atoms with Gasteiger partial charge in [0.25, 0.3) is 0 Å². The maximum Gasteiger partial charge on any atom is 0.307 e.